The normalized spacial score (nSPS) is 14.1. The molecule has 0 heterocycles. The van der Waals surface area contributed by atoms with Crippen molar-refractivity contribution in [3.05, 3.63) is 69.4 Å². The smallest absolute Gasteiger partial charge is 0.293 e. The molecule has 2 aromatic carbocycles. The molecule has 0 spiro atoms. The van der Waals surface area contributed by atoms with Crippen LogP contribution in [0.3, 0.4) is 0 Å². The summed E-state index contributed by atoms with van der Waals surface area (Å²) in [4.78, 5) is 12.1. The summed E-state index contributed by atoms with van der Waals surface area (Å²) in [6.45, 7) is 10.6. The number of aliphatic hydroxyl groups is 1. The van der Waals surface area contributed by atoms with Crippen LogP contribution in [0.1, 0.15) is 42.5 Å². The van der Waals surface area contributed by atoms with Gasteiger partial charge in [0.1, 0.15) is 6.10 Å². The Bertz CT molecular complexity index is 868. The molecule has 2 aromatic rings. The average Bonchev–Trinajstić information content (AvgIpc) is 2.64. The third-order valence-corrected chi connectivity index (χ3v) is 6.57. The van der Waals surface area contributed by atoms with Crippen LogP contribution >= 0.6 is 23.4 Å². The van der Waals surface area contributed by atoms with Gasteiger partial charge in [0.25, 0.3) is 6.47 Å². The first-order chi connectivity index (χ1) is 13.7. The predicted octanol–water partition coefficient (Wildman–Crippen LogP) is 6.91. The Morgan fingerprint density at radius 2 is 1.86 bits per heavy atom. The lowest BCUT2D eigenvalue weighted by molar-refractivity contribution is -0.135. The van der Waals surface area contributed by atoms with Crippen molar-refractivity contribution >= 4 is 35.4 Å². The van der Waals surface area contributed by atoms with E-state index in [0.717, 1.165) is 32.9 Å². The first-order valence-corrected chi connectivity index (χ1v) is 11.0. The fourth-order valence-corrected chi connectivity index (χ4v) is 4.92. The van der Waals surface area contributed by atoms with E-state index in [0.29, 0.717) is 11.5 Å². The van der Waals surface area contributed by atoms with E-state index in [1.54, 1.807) is 11.8 Å². The summed E-state index contributed by atoms with van der Waals surface area (Å²) in [7, 11) is 0. The highest BCUT2D eigenvalue weighted by molar-refractivity contribution is 7.99. The Balaban J connectivity index is 2.15. The van der Waals surface area contributed by atoms with Gasteiger partial charge in [-0.15, -0.1) is 11.8 Å². The second kappa shape index (κ2) is 10.7. The van der Waals surface area contributed by atoms with Gasteiger partial charge in [-0.25, -0.2) is 0 Å². The Morgan fingerprint density at radius 3 is 2.45 bits per heavy atom. The fourth-order valence-electron chi connectivity index (χ4n) is 3.61. The predicted molar refractivity (Wildman–Crippen MR) is 123 cm³/mol. The molecule has 0 aliphatic carbocycles. The number of hydrogen-bond donors (Lipinski definition) is 1. The van der Waals surface area contributed by atoms with Crippen molar-refractivity contribution in [1.29, 1.82) is 0 Å². The van der Waals surface area contributed by atoms with E-state index in [2.05, 4.69) is 32.9 Å². The average molecular weight is 433 g/mol. The summed E-state index contributed by atoms with van der Waals surface area (Å²) in [5, 5.41) is 11.5. The molecule has 0 saturated heterocycles. The number of carbonyl (C=O) groups is 1. The molecule has 0 aliphatic heterocycles. The number of ether oxygens (including phenoxy) is 1. The summed E-state index contributed by atoms with van der Waals surface area (Å²) in [6.07, 6.45) is -0.116. The van der Waals surface area contributed by atoms with Gasteiger partial charge in [0.15, 0.2) is 0 Å². The molecule has 0 amide bonds. The molecule has 0 aromatic heterocycles. The molecule has 156 valence electrons. The van der Waals surface area contributed by atoms with Gasteiger partial charge in [-0.05, 0) is 68.2 Å². The van der Waals surface area contributed by atoms with Crippen LogP contribution in [0.5, 0.6) is 0 Å². The second-order valence-corrected chi connectivity index (χ2v) is 9.10. The van der Waals surface area contributed by atoms with Crippen LogP contribution in [0.15, 0.2) is 47.1 Å². The molecule has 1 N–H and O–H groups in total. The van der Waals surface area contributed by atoms with Gasteiger partial charge in [0.2, 0.25) is 0 Å². The largest absolute Gasteiger partial charge is 0.512 e. The van der Waals surface area contributed by atoms with Crippen molar-refractivity contribution in [2.45, 2.75) is 52.0 Å². The van der Waals surface area contributed by atoms with Crippen LogP contribution in [0.2, 0.25) is 5.02 Å². The number of rotatable bonds is 9. The van der Waals surface area contributed by atoms with Crippen LogP contribution in [-0.4, -0.2) is 23.4 Å². The summed E-state index contributed by atoms with van der Waals surface area (Å²) >= 11 is 7.70. The van der Waals surface area contributed by atoms with E-state index in [-0.39, 0.29) is 18.1 Å². The van der Waals surface area contributed by atoms with Crippen LogP contribution in [-0.2, 0) is 9.53 Å². The maximum absolute atomic E-state index is 11.1. The van der Waals surface area contributed by atoms with Gasteiger partial charge in [0.05, 0.1) is 5.76 Å². The van der Waals surface area contributed by atoms with E-state index in [9.17, 15) is 9.90 Å². The fraction of sp³-hybridized carbons (Fsp3) is 0.375. The number of aliphatic hydroxyl groups excluding tert-OH is 1. The number of carbonyl (C=O) groups excluding carboxylic acids is 1. The maximum Gasteiger partial charge on any atom is 0.293 e. The first kappa shape index (κ1) is 23.4. The van der Waals surface area contributed by atoms with Crippen molar-refractivity contribution in [1.82, 2.24) is 0 Å². The Hall–Kier alpha value is -1.91. The summed E-state index contributed by atoms with van der Waals surface area (Å²) < 4.78 is 5.34. The topological polar surface area (TPSA) is 46.5 Å². The van der Waals surface area contributed by atoms with E-state index in [4.69, 9.17) is 16.3 Å². The lowest BCUT2D eigenvalue weighted by Crippen LogP contribution is -2.24. The molecule has 5 heteroatoms. The molecule has 0 bridgehead atoms. The van der Waals surface area contributed by atoms with Crippen molar-refractivity contribution < 1.29 is 14.6 Å². The summed E-state index contributed by atoms with van der Waals surface area (Å²) in [5.41, 5.74) is 5.34. The quantitative estimate of drug-likeness (QED) is 0.265. The number of allylic oxidation sites excluding steroid dienone is 1. The lowest BCUT2D eigenvalue weighted by Gasteiger charge is -2.23. The molecular formula is C24H29ClO3S. The molecule has 29 heavy (non-hydrogen) atoms. The standard InChI is InChI=1S/C24H29ClO3S/c1-15-9-16(2)24(17(3)10-15)19(5)22(27)12-23(28-14-26)18(4)13-29-21-8-6-7-20(25)11-21/h6-11,14,18,23,27H,12-13H2,1-5H3/b22-19-. The zero-order valence-corrected chi connectivity index (χ0v) is 19.2. The van der Waals surface area contributed by atoms with Crippen LogP contribution in [0.25, 0.3) is 5.57 Å². The molecule has 2 rings (SSSR count). The highest BCUT2D eigenvalue weighted by Crippen LogP contribution is 2.30. The van der Waals surface area contributed by atoms with Gasteiger partial charge < -0.3 is 9.84 Å². The third-order valence-electron chi connectivity index (χ3n) is 5.05. The van der Waals surface area contributed by atoms with E-state index in [1.165, 1.54) is 5.56 Å². The molecule has 0 fully saturated rings. The van der Waals surface area contributed by atoms with Crippen molar-refractivity contribution in [3.63, 3.8) is 0 Å². The molecule has 2 unspecified atom stereocenters. The lowest BCUT2D eigenvalue weighted by atomic mass is 9.92. The number of aryl methyl sites for hydroxylation is 3. The minimum atomic E-state index is -0.403. The van der Waals surface area contributed by atoms with Gasteiger partial charge in [-0.1, -0.05) is 42.3 Å². The minimum Gasteiger partial charge on any atom is -0.512 e. The Kier molecular flexibility index (Phi) is 8.66. The van der Waals surface area contributed by atoms with E-state index >= 15 is 0 Å². The molecule has 0 aliphatic rings. The van der Waals surface area contributed by atoms with Crippen LogP contribution < -0.4 is 0 Å². The molecule has 0 radical (unpaired) electrons. The highest BCUT2D eigenvalue weighted by atomic mass is 35.5. The zero-order chi connectivity index (χ0) is 21.6. The van der Waals surface area contributed by atoms with Gasteiger partial charge in [-0.3, -0.25) is 4.79 Å². The number of halogens is 1. The zero-order valence-electron chi connectivity index (χ0n) is 17.7. The number of thioether (sulfide) groups is 1. The summed E-state index contributed by atoms with van der Waals surface area (Å²) in [6, 6.07) is 11.9. The maximum atomic E-state index is 11.1. The number of benzene rings is 2. The molecule has 2 atom stereocenters. The van der Waals surface area contributed by atoms with E-state index < -0.39 is 6.10 Å². The first-order valence-electron chi connectivity index (χ1n) is 9.67. The Morgan fingerprint density at radius 1 is 1.21 bits per heavy atom. The third kappa shape index (κ3) is 6.55. The van der Waals surface area contributed by atoms with Crippen molar-refractivity contribution in [3.8, 4) is 0 Å². The van der Waals surface area contributed by atoms with Gasteiger partial charge in [0, 0.05) is 28.0 Å². The molecule has 0 saturated carbocycles. The Labute approximate surface area is 183 Å². The van der Waals surface area contributed by atoms with E-state index in [1.807, 2.05) is 38.1 Å². The van der Waals surface area contributed by atoms with Gasteiger partial charge >= 0.3 is 0 Å². The minimum absolute atomic E-state index is 0.0549. The number of hydrogen-bond acceptors (Lipinski definition) is 4. The second-order valence-electron chi connectivity index (χ2n) is 7.57. The monoisotopic (exact) mass is 432 g/mol. The highest BCUT2D eigenvalue weighted by Gasteiger charge is 2.22. The molecular weight excluding hydrogens is 404 g/mol. The molecule has 3 nitrogen and oxygen atoms in total. The SMILES string of the molecule is C/C(=C(/O)CC(OC=O)C(C)CSc1cccc(Cl)c1)c1c(C)cc(C)cc1C. The van der Waals surface area contributed by atoms with Crippen LogP contribution in [0.4, 0.5) is 0 Å². The van der Waals surface area contributed by atoms with Crippen LogP contribution in [0, 0.1) is 26.7 Å². The summed E-state index contributed by atoms with van der Waals surface area (Å²) in [5.74, 6) is 1.05. The van der Waals surface area contributed by atoms with Gasteiger partial charge in [-0.2, -0.15) is 0 Å². The van der Waals surface area contributed by atoms with Crippen molar-refractivity contribution in [2.75, 3.05) is 5.75 Å². The van der Waals surface area contributed by atoms with Crippen molar-refractivity contribution in [2.24, 2.45) is 5.92 Å².